The molecule has 6 N–H and O–H groups in total. The van der Waals surface area contributed by atoms with Crippen molar-refractivity contribution in [3.8, 4) is 17.2 Å². The molecule has 1 fully saturated rings. The number of carbonyl (C=O) groups excluding carboxylic acids is 3. The zero-order chi connectivity index (χ0) is 30.0. The maximum Gasteiger partial charge on any atom is 0.316 e. The van der Waals surface area contributed by atoms with Gasteiger partial charge in [-0.1, -0.05) is 19.1 Å². The fourth-order valence-corrected chi connectivity index (χ4v) is 6.29. The standard InChI is InChI=1S/C29H33NO11/c1-5-29(37)10-15(41-16-9-13(30)23(31)11(2)40-16)18-19(22(29)28(36)39-4)27(35)20-21(26(18)34)25(33)17-12(24(20)32)7-6-8-14(17)38-3/h6-8,11,13,15-16,22-23,31,34-35,37H,5,9-10,30H2,1-4H3/t11?,13?,15-,16-,22-,23?,29+/m0/s1. The number of esters is 1. The van der Waals surface area contributed by atoms with E-state index in [0.29, 0.717) is 0 Å². The predicted octanol–water partition coefficient (Wildman–Crippen LogP) is 1.56. The number of hydrogen-bond donors (Lipinski definition) is 5. The highest BCUT2D eigenvalue weighted by molar-refractivity contribution is 6.31. The third-order valence-corrected chi connectivity index (χ3v) is 8.50. The second kappa shape index (κ2) is 10.4. The van der Waals surface area contributed by atoms with Gasteiger partial charge in [0.15, 0.2) is 12.1 Å². The average Bonchev–Trinajstić information content (AvgIpc) is 2.95. The molecule has 12 nitrogen and oxygen atoms in total. The number of carbonyl (C=O) groups is 3. The Morgan fingerprint density at radius 1 is 1.10 bits per heavy atom. The Labute approximate surface area is 235 Å². The summed E-state index contributed by atoms with van der Waals surface area (Å²) in [6.45, 7) is 3.23. The Bertz CT molecular complexity index is 1430. The summed E-state index contributed by atoms with van der Waals surface area (Å²) in [6, 6.07) is 3.69. The third-order valence-electron chi connectivity index (χ3n) is 8.50. The number of ether oxygens (including phenoxy) is 4. The Kier molecular flexibility index (Phi) is 7.33. The number of rotatable bonds is 5. The summed E-state index contributed by atoms with van der Waals surface area (Å²) in [6.07, 6.45) is -4.10. The summed E-state index contributed by atoms with van der Waals surface area (Å²) < 4.78 is 22.2. The van der Waals surface area contributed by atoms with Gasteiger partial charge in [-0.15, -0.1) is 0 Å². The molecule has 1 saturated heterocycles. The van der Waals surface area contributed by atoms with Crippen LogP contribution < -0.4 is 10.5 Å². The molecule has 3 unspecified atom stereocenters. The maximum atomic E-state index is 13.8. The zero-order valence-corrected chi connectivity index (χ0v) is 23.0. The van der Waals surface area contributed by atoms with Crippen molar-refractivity contribution in [3.05, 3.63) is 51.6 Å². The molecule has 2 aromatic rings. The van der Waals surface area contributed by atoms with Gasteiger partial charge < -0.3 is 45.1 Å². The minimum Gasteiger partial charge on any atom is -0.507 e. The third kappa shape index (κ3) is 4.29. The lowest BCUT2D eigenvalue weighted by atomic mass is 9.66. The van der Waals surface area contributed by atoms with Gasteiger partial charge in [0.2, 0.25) is 5.78 Å². The number of methoxy groups -OCH3 is 2. The lowest BCUT2D eigenvalue weighted by Gasteiger charge is -2.45. The monoisotopic (exact) mass is 571 g/mol. The molecule has 7 atom stereocenters. The van der Waals surface area contributed by atoms with Crippen molar-refractivity contribution >= 4 is 17.5 Å². The summed E-state index contributed by atoms with van der Waals surface area (Å²) in [5, 5.41) is 45.3. The highest BCUT2D eigenvalue weighted by atomic mass is 16.7. The average molecular weight is 572 g/mol. The normalized spacial score (nSPS) is 30.7. The van der Waals surface area contributed by atoms with Gasteiger partial charge in [-0.3, -0.25) is 14.4 Å². The van der Waals surface area contributed by atoms with E-state index in [0.717, 1.165) is 7.11 Å². The van der Waals surface area contributed by atoms with Crippen LogP contribution in [0.1, 0.15) is 88.1 Å². The number of ketones is 2. The van der Waals surface area contributed by atoms with Crippen LogP contribution in [0, 0.1) is 0 Å². The maximum absolute atomic E-state index is 13.8. The van der Waals surface area contributed by atoms with E-state index in [1.54, 1.807) is 13.8 Å². The fourth-order valence-electron chi connectivity index (χ4n) is 6.29. The van der Waals surface area contributed by atoms with Crippen molar-refractivity contribution in [3.63, 3.8) is 0 Å². The molecule has 12 heteroatoms. The number of nitrogens with two attached hydrogens (primary N) is 1. The first-order valence-electron chi connectivity index (χ1n) is 13.3. The minimum atomic E-state index is -1.85. The Hall–Kier alpha value is -3.55. The molecule has 0 saturated carbocycles. The van der Waals surface area contributed by atoms with Crippen molar-refractivity contribution in [2.24, 2.45) is 5.73 Å². The quantitative estimate of drug-likeness (QED) is 0.219. The second-order valence-electron chi connectivity index (χ2n) is 10.7. The van der Waals surface area contributed by atoms with Crippen molar-refractivity contribution in [2.45, 2.75) is 75.3 Å². The highest BCUT2D eigenvalue weighted by Gasteiger charge is 2.54. The number of phenolic OH excluding ortho intramolecular Hbond substituents is 2. The first kappa shape index (κ1) is 29.0. The molecule has 2 aromatic carbocycles. The largest absolute Gasteiger partial charge is 0.507 e. The van der Waals surface area contributed by atoms with E-state index in [4.69, 9.17) is 24.7 Å². The van der Waals surface area contributed by atoms with E-state index in [2.05, 4.69) is 0 Å². The number of fused-ring (bicyclic) bond motifs is 3. The SMILES string of the molecule is CC[C@@]1(O)C[C@H](O[C@H]2CC(N)C(O)C(C)O2)c2c(O)c3c(c(O)c2[C@H]1C(=O)OC)C(=O)c1cccc(OC)c1C3=O. The van der Waals surface area contributed by atoms with Crippen LogP contribution in [-0.4, -0.2) is 82.3 Å². The number of hydrogen-bond acceptors (Lipinski definition) is 12. The van der Waals surface area contributed by atoms with Gasteiger partial charge in [-0.25, -0.2) is 0 Å². The van der Waals surface area contributed by atoms with Crippen LogP contribution in [0.2, 0.25) is 0 Å². The molecule has 0 spiro atoms. The molecule has 0 radical (unpaired) electrons. The van der Waals surface area contributed by atoms with Crippen LogP contribution in [0.4, 0.5) is 0 Å². The summed E-state index contributed by atoms with van der Waals surface area (Å²) in [5.41, 5.74) is 2.63. The molecule has 5 rings (SSSR count). The zero-order valence-electron chi connectivity index (χ0n) is 23.0. The van der Waals surface area contributed by atoms with E-state index in [9.17, 15) is 34.8 Å². The van der Waals surface area contributed by atoms with Crippen LogP contribution in [0.5, 0.6) is 17.2 Å². The van der Waals surface area contributed by atoms with Crippen molar-refractivity contribution in [1.29, 1.82) is 0 Å². The topological polar surface area (TPSA) is 195 Å². The predicted molar refractivity (Wildman–Crippen MR) is 141 cm³/mol. The Balaban J connectivity index is 1.76. The van der Waals surface area contributed by atoms with Gasteiger partial charge in [0.25, 0.3) is 0 Å². The molecule has 2 aliphatic carbocycles. The molecule has 1 heterocycles. The van der Waals surface area contributed by atoms with E-state index >= 15 is 0 Å². The van der Waals surface area contributed by atoms with E-state index in [-0.39, 0.29) is 47.3 Å². The second-order valence-corrected chi connectivity index (χ2v) is 10.7. The van der Waals surface area contributed by atoms with E-state index in [1.165, 1.54) is 25.3 Å². The van der Waals surface area contributed by atoms with Crippen LogP contribution >= 0.6 is 0 Å². The number of aliphatic hydroxyl groups is 2. The van der Waals surface area contributed by atoms with Crippen LogP contribution in [-0.2, 0) is 19.0 Å². The first-order chi connectivity index (χ1) is 19.4. The van der Waals surface area contributed by atoms with Gasteiger partial charge in [0.05, 0.1) is 54.8 Å². The van der Waals surface area contributed by atoms with Gasteiger partial charge in [-0.2, -0.15) is 0 Å². The van der Waals surface area contributed by atoms with Crippen LogP contribution in [0.15, 0.2) is 18.2 Å². The molecule has 220 valence electrons. The number of benzene rings is 2. The van der Waals surface area contributed by atoms with Gasteiger partial charge >= 0.3 is 5.97 Å². The van der Waals surface area contributed by atoms with Crippen molar-refractivity contribution < 1.29 is 53.8 Å². The lowest BCUT2D eigenvalue weighted by Crippen LogP contribution is -2.52. The first-order valence-corrected chi connectivity index (χ1v) is 13.3. The summed E-state index contributed by atoms with van der Waals surface area (Å²) in [7, 11) is 2.44. The Morgan fingerprint density at radius 3 is 2.37 bits per heavy atom. The summed E-state index contributed by atoms with van der Waals surface area (Å²) >= 11 is 0. The van der Waals surface area contributed by atoms with Crippen molar-refractivity contribution in [2.75, 3.05) is 14.2 Å². The number of aliphatic hydroxyl groups excluding tert-OH is 1. The molecule has 0 aromatic heterocycles. The molecular formula is C29H33NO11. The molecule has 41 heavy (non-hydrogen) atoms. The van der Waals surface area contributed by atoms with E-state index in [1.807, 2.05) is 0 Å². The van der Waals surface area contributed by atoms with Gasteiger partial charge in [-0.05, 0) is 19.4 Å². The highest BCUT2D eigenvalue weighted by Crippen LogP contribution is 2.57. The lowest BCUT2D eigenvalue weighted by molar-refractivity contribution is -0.249. The smallest absolute Gasteiger partial charge is 0.316 e. The molecule has 0 bridgehead atoms. The van der Waals surface area contributed by atoms with Crippen LogP contribution in [0.3, 0.4) is 0 Å². The summed E-state index contributed by atoms with van der Waals surface area (Å²) in [4.78, 5) is 40.7. The van der Waals surface area contributed by atoms with E-state index < -0.39 is 82.3 Å². The van der Waals surface area contributed by atoms with Gasteiger partial charge in [0, 0.05) is 35.6 Å². The van der Waals surface area contributed by atoms with Crippen molar-refractivity contribution in [1.82, 2.24) is 0 Å². The minimum absolute atomic E-state index is 0.00355. The fraction of sp³-hybridized carbons (Fsp3) is 0.483. The molecule has 3 aliphatic rings. The Morgan fingerprint density at radius 2 is 1.76 bits per heavy atom. The molecule has 0 amide bonds. The molecule has 1 aliphatic heterocycles. The molecular weight excluding hydrogens is 538 g/mol. The number of phenols is 2. The number of aromatic hydroxyl groups is 2. The van der Waals surface area contributed by atoms with Gasteiger partial charge in [0.1, 0.15) is 23.2 Å². The summed E-state index contributed by atoms with van der Waals surface area (Å²) in [5.74, 6) is -5.35. The van der Waals surface area contributed by atoms with Crippen LogP contribution in [0.25, 0.3) is 0 Å².